The number of hydrogen-bond acceptors (Lipinski definition) is 0. The summed E-state index contributed by atoms with van der Waals surface area (Å²) in [5.74, 6) is 0. The van der Waals surface area contributed by atoms with Gasteiger partial charge < -0.3 is 24.8 Å². The zero-order chi connectivity index (χ0) is 14.1. The Kier molecular flexibility index (Phi) is 17.5. The van der Waals surface area contributed by atoms with Crippen LogP contribution in [0.3, 0.4) is 0 Å². The Balaban J connectivity index is -0.000000215. The predicted octanol–water partition coefficient (Wildman–Crippen LogP) is -1.20. The maximum Gasteiger partial charge on any atom is -0.0635 e. The van der Waals surface area contributed by atoms with Crippen molar-refractivity contribution in [1.82, 2.24) is 0 Å². The molecule has 0 aromatic heterocycles. The fraction of sp³-hybridized carbons (Fsp3) is 0.353. The van der Waals surface area contributed by atoms with Crippen molar-refractivity contribution in [3.63, 3.8) is 0 Å². The van der Waals surface area contributed by atoms with Gasteiger partial charge in [-0.2, -0.15) is 35.4 Å². The van der Waals surface area contributed by atoms with E-state index in [1.165, 1.54) is 25.5 Å². The van der Waals surface area contributed by atoms with Crippen molar-refractivity contribution < 1.29 is 49.0 Å². The monoisotopic (exact) mass is 388 g/mol. The van der Waals surface area contributed by atoms with Crippen molar-refractivity contribution >= 4 is 3.21 Å². The molecule has 0 nitrogen and oxygen atoms in total. The quantitative estimate of drug-likeness (QED) is 0.496. The van der Waals surface area contributed by atoms with Gasteiger partial charge in [-0.3, -0.25) is 0 Å². The first-order chi connectivity index (χ1) is 8.31. The molecule has 0 saturated carbocycles. The molecule has 0 aliphatic rings. The van der Waals surface area contributed by atoms with Crippen molar-refractivity contribution in [2.75, 3.05) is 0 Å². The van der Waals surface area contributed by atoms with Crippen LogP contribution in [0.1, 0.15) is 36.1 Å². The van der Waals surface area contributed by atoms with Gasteiger partial charge in [0.25, 0.3) is 0 Å². The summed E-state index contributed by atoms with van der Waals surface area (Å²) in [7, 11) is 0. The fourth-order valence-electron chi connectivity index (χ4n) is 1.44. The van der Waals surface area contributed by atoms with Crippen molar-refractivity contribution in [3.8, 4) is 0 Å². The molecular weight excluding hydrogens is 366 g/mol. The van der Waals surface area contributed by atoms with Crippen LogP contribution in [0.15, 0.2) is 36.4 Å². The summed E-state index contributed by atoms with van der Waals surface area (Å²) in [6, 6.07) is 12.8. The van der Waals surface area contributed by atoms with Gasteiger partial charge in [-0.1, -0.05) is 27.7 Å². The number of aryl methyl sites for hydroxylation is 4. The minimum absolute atomic E-state index is 0. The predicted molar refractivity (Wildman–Crippen MR) is 79.4 cm³/mol. The van der Waals surface area contributed by atoms with Gasteiger partial charge >= 0.3 is 41.3 Å². The fourth-order valence-corrected chi connectivity index (χ4v) is 1.44. The Hall–Kier alpha value is 0.0331. The molecule has 0 bridgehead atoms. The summed E-state index contributed by atoms with van der Waals surface area (Å²) in [6.07, 6.45) is 0. The number of rotatable bonds is 0. The molecule has 0 amide bonds. The van der Waals surface area contributed by atoms with E-state index in [1.807, 2.05) is 0 Å². The summed E-state index contributed by atoms with van der Waals surface area (Å²) in [5, 5.41) is 0. The van der Waals surface area contributed by atoms with Crippen molar-refractivity contribution in [2.45, 2.75) is 41.5 Å². The van der Waals surface area contributed by atoms with Crippen LogP contribution < -0.4 is 24.8 Å². The van der Waals surface area contributed by atoms with Crippen LogP contribution in [0.25, 0.3) is 0 Å². The van der Waals surface area contributed by atoms with Gasteiger partial charge in [-0.25, -0.2) is 23.3 Å². The van der Waals surface area contributed by atoms with Crippen molar-refractivity contribution in [3.05, 3.63) is 58.7 Å². The van der Waals surface area contributed by atoms with Gasteiger partial charge in [0, 0.05) is 0 Å². The first-order valence-corrected chi connectivity index (χ1v) is 7.46. The third kappa shape index (κ3) is 16.1. The minimum atomic E-state index is 0. The number of halogens is 2. The molecule has 2 aromatic carbocycles. The normalized spacial score (nSPS) is 8.00. The molecule has 112 valence electrons. The molecule has 2 aromatic rings. The van der Waals surface area contributed by atoms with Crippen LogP contribution >= 0.6 is 0 Å². The Morgan fingerprint density at radius 1 is 0.800 bits per heavy atom. The van der Waals surface area contributed by atoms with Crippen LogP contribution in [0.4, 0.5) is 0 Å². The van der Waals surface area contributed by atoms with Gasteiger partial charge in [-0.15, -0.1) is 0 Å². The SMILES string of the molecule is C[C](C)=[Zr+2].Cc1c[cH-]c(C)c1.Cc1c[cH-]c(C)c1.[Cl-].[Cl-]. The zero-order valence-electron chi connectivity index (χ0n) is 13.2. The molecule has 0 unspecified atom stereocenters. The summed E-state index contributed by atoms with van der Waals surface area (Å²) in [4.78, 5) is 0. The molecule has 0 N–H and O–H groups in total. The number of hydrogen-bond donors (Lipinski definition) is 0. The Morgan fingerprint density at radius 3 is 1.10 bits per heavy atom. The third-order valence-electron chi connectivity index (χ3n) is 2.13. The summed E-state index contributed by atoms with van der Waals surface area (Å²) in [6.45, 7) is 12.7. The van der Waals surface area contributed by atoms with E-state index in [0.29, 0.717) is 0 Å². The van der Waals surface area contributed by atoms with Crippen molar-refractivity contribution in [1.29, 1.82) is 0 Å². The molecular formula is C17H24Cl2Zr-2. The summed E-state index contributed by atoms with van der Waals surface area (Å²) >= 11 is 1.55. The summed E-state index contributed by atoms with van der Waals surface area (Å²) < 4.78 is 1.51. The Bertz CT molecular complexity index is 392. The molecule has 0 aliphatic heterocycles. The van der Waals surface area contributed by atoms with Gasteiger partial charge in [0.15, 0.2) is 0 Å². The molecule has 0 radical (unpaired) electrons. The van der Waals surface area contributed by atoms with Crippen LogP contribution in [0, 0.1) is 27.7 Å². The molecule has 3 heteroatoms. The smallest absolute Gasteiger partial charge is 0.0635 e. The topological polar surface area (TPSA) is 0 Å². The van der Waals surface area contributed by atoms with Gasteiger partial charge in [0.1, 0.15) is 0 Å². The second-order valence-electron chi connectivity index (χ2n) is 4.93. The molecule has 0 heterocycles. The van der Waals surface area contributed by atoms with E-state index in [-0.39, 0.29) is 24.8 Å². The van der Waals surface area contributed by atoms with Gasteiger partial charge in [0.05, 0.1) is 0 Å². The molecule has 0 aliphatic carbocycles. The van der Waals surface area contributed by atoms with E-state index in [2.05, 4.69) is 77.9 Å². The van der Waals surface area contributed by atoms with Crippen LogP contribution in [-0.4, -0.2) is 3.21 Å². The second-order valence-corrected chi connectivity index (χ2v) is 7.39. The van der Waals surface area contributed by atoms with Gasteiger partial charge in [-0.05, 0) is 0 Å². The van der Waals surface area contributed by atoms with E-state index in [9.17, 15) is 0 Å². The van der Waals surface area contributed by atoms with E-state index < -0.39 is 0 Å². The molecule has 0 saturated heterocycles. The molecule has 0 fully saturated rings. The van der Waals surface area contributed by atoms with E-state index in [1.54, 1.807) is 24.2 Å². The molecule has 2 rings (SSSR count). The largest absolute Gasteiger partial charge is 1.00 e. The first kappa shape index (κ1) is 25.0. The van der Waals surface area contributed by atoms with Crippen LogP contribution in [-0.2, 0) is 24.2 Å². The van der Waals surface area contributed by atoms with E-state index in [0.717, 1.165) is 0 Å². The van der Waals surface area contributed by atoms with Crippen molar-refractivity contribution in [2.24, 2.45) is 0 Å². The average Bonchev–Trinajstić information content (AvgIpc) is 2.76. The van der Waals surface area contributed by atoms with Crippen LogP contribution in [0.5, 0.6) is 0 Å². The molecule has 0 atom stereocenters. The molecule has 20 heavy (non-hydrogen) atoms. The summed E-state index contributed by atoms with van der Waals surface area (Å²) in [5.41, 5.74) is 5.44. The first-order valence-electron chi connectivity index (χ1n) is 6.23. The zero-order valence-corrected chi connectivity index (χ0v) is 17.2. The molecule has 0 spiro atoms. The maximum atomic E-state index is 2.17. The standard InChI is InChI=1S/2C7H9.C3H6.2ClH.Zr/c2*1-6-3-4-7(2)5-6;1-3-2;;;/h2*3-5H,1-2H3;1-2H3;2*1H;/q2*-1;;;;+2/p-2. The van der Waals surface area contributed by atoms with Crippen LogP contribution in [0.2, 0.25) is 0 Å². The Morgan fingerprint density at radius 2 is 1.05 bits per heavy atom. The third-order valence-corrected chi connectivity index (χ3v) is 2.13. The average molecular weight is 391 g/mol. The minimum Gasteiger partial charge on any atom is -1.00 e. The van der Waals surface area contributed by atoms with E-state index in [4.69, 9.17) is 0 Å². The maximum absolute atomic E-state index is 2.17. The second kappa shape index (κ2) is 14.0. The van der Waals surface area contributed by atoms with Gasteiger partial charge in [0.2, 0.25) is 0 Å². The van der Waals surface area contributed by atoms with E-state index >= 15 is 0 Å². The Labute approximate surface area is 151 Å².